The Morgan fingerprint density at radius 2 is 1.62 bits per heavy atom. The number of fused-ring (bicyclic) bond motifs is 1. The number of aromatic nitrogens is 2. The van der Waals surface area contributed by atoms with Crippen LogP contribution in [0.1, 0.15) is 5.56 Å². The third kappa shape index (κ3) is 4.26. The van der Waals surface area contributed by atoms with Gasteiger partial charge in [-0.3, -0.25) is 14.1 Å². The molecule has 9 nitrogen and oxygen atoms in total. The van der Waals surface area contributed by atoms with E-state index in [1.165, 1.54) is 42.9 Å². The van der Waals surface area contributed by atoms with Crippen LogP contribution in [0.25, 0.3) is 10.8 Å². The quantitative estimate of drug-likeness (QED) is 0.441. The van der Waals surface area contributed by atoms with Gasteiger partial charge in [-0.25, -0.2) is 22.0 Å². The molecule has 4 rings (SSSR count). The largest absolute Gasteiger partial charge is 0.329 e. The maximum absolute atomic E-state index is 13.6. The fraction of sp³-hybridized carbons (Fsp3) is 0.0476. The molecule has 2 aromatic carbocycles. The molecule has 4 aromatic rings. The van der Waals surface area contributed by atoms with Gasteiger partial charge in [0.1, 0.15) is 0 Å². The zero-order chi connectivity index (χ0) is 22.9. The number of rotatable bonds is 6. The first-order chi connectivity index (χ1) is 15.2. The number of nitrogens with zero attached hydrogens (tertiary/aromatic N) is 2. The molecule has 0 unspecified atom stereocenters. The average Bonchev–Trinajstić information content (AvgIpc) is 2.78. The first kappa shape index (κ1) is 21.7. The molecule has 32 heavy (non-hydrogen) atoms. The highest BCUT2D eigenvalue weighted by Gasteiger charge is 2.27. The minimum atomic E-state index is -4.24. The van der Waals surface area contributed by atoms with Crippen LogP contribution in [0, 0.1) is 0 Å². The van der Waals surface area contributed by atoms with Crippen LogP contribution in [0.2, 0.25) is 0 Å². The molecule has 3 N–H and O–H groups in total. The molecule has 164 valence electrons. The molecular formula is C21H18N4O5S2. The van der Waals surface area contributed by atoms with E-state index in [0.717, 1.165) is 10.4 Å². The fourth-order valence-corrected chi connectivity index (χ4v) is 5.36. The van der Waals surface area contributed by atoms with Crippen LogP contribution in [-0.4, -0.2) is 26.8 Å². The lowest BCUT2D eigenvalue weighted by atomic mass is 10.1. The number of anilines is 1. The predicted molar refractivity (Wildman–Crippen MR) is 120 cm³/mol. The number of H-pyrrole nitrogens is 1. The van der Waals surface area contributed by atoms with Crippen molar-refractivity contribution in [3.63, 3.8) is 0 Å². The monoisotopic (exact) mass is 470 g/mol. The summed E-state index contributed by atoms with van der Waals surface area (Å²) in [5.74, 6) is 0. The second kappa shape index (κ2) is 8.19. The number of nitrogens with two attached hydrogens (primary N) is 1. The summed E-state index contributed by atoms with van der Waals surface area (Å²) < 4.78 is 51.9. The van der Waals surface area contributed by atoms with Crippen molar-refractivity contribution in [1.82, 2.24) is 9.97 Å². The molecule has 0 radical (unpaired) electrons. The van der Waals surface area contributed by atoms with Gasteiger partial charge in [-0.15, -0.1) is 0 Å². The van der Waals surface area contributed by atoms with E-state index in [-0.39, 0.29) is 27.6 Å². The summed E-state index contributed by atoms with van der Waals surface area (Å²) in [6.45, 7) is -0.0687. The fourth-order valence-electron chi connectivity index (χ4n) is 3.23. The molecule has 11 heteroatoms. The lowest BCUT2D eigenvalue weighted by Crippen LogP contribution is -2.31. The third-order valence-corrected chi connectivity index (χ3v) is 7.53. The summed E-state index contributed by atoms with van der Waals surface area (Å²) in [4.78, 5) is 18.2. The minimum absolute atomic E-state index is 0.0687. The normalized spacial score (nSPS) is 12.0. The van der Waals surface area contributed by atoms with Crippen molar-refractivity contribution in [1.29, 1.82) is 0 Å². The molecule has 0 bridgehead atoms. The number of sulfonamides is 2. The summed E-state index contributed by atoms with van der Waals surface area (Å²) in [5, 5.41) is 6.14. The van der Waals surface area contributed by atoms with Crippen molar-refractivity contribution < 1.29 is 16.8 Å². The number of pyridine rings is 2. The Balaban J connectivity index is 1.90. The van der Waals surface area contributed by atoms with Gasteiger partial charge in [0.15, 0.2) is 0 Å². The molecular weight excluding hydrogens is 452 g/mol. The van der Waals surface area contributed by atoms with Gasteiger partial charge >= 0.3 is 0 Å². The van der Waals surface area contributed by atoms with Gasteiger partial charge in [0.2, 0.25) is 10.0 Å². The number of nitrogens with one attached hydrogen (secondary N) is 1. The molecule has 0 atom stereocenters. The number of primary sulfonamides is 1. The highest BCUT2D eigenvalue weighted by atomic mass is 32.2. The van der Waals surface area contributed by atoms with E-state index in [2.05, 4.69) is 9.97 Å². The van der Waals surface area contributed by atoms with E-state index in [4.69, 9.17) is 5.14 Å². The Labute approximate surface area is 184 Å². The van der Waals surface area contributed by atoms with Crippen molar-refractivity contribution in [3.05, 3.63) is 95.2 Å². The number of hydrogen-bond acceptors (Lipinski definition) is 6. The van der Waals surface area contributed by atoms with Gasteiger partial charge in [-0.1, -0.05) is 12.1 Å². The van der Waals surface area contributed by atoms with Gasteiger partial charge in [-0.2, -0.15) is 0 Å². The van der Waals surface area contributed by atoms with Crippen molar-refractivity contribution in [2.75, 3.05) is 4.31 Å². The highest BCUT2D eigenvalue weighted by molar-refractivity contribution is 7.93. The summed E-state index contributed by atoms with van der Waals surface area (Å²) in [6, 6.07) is 14.6. The van der Waals surface area contributed by atoms with Crippen LogP contribution >= 0.6 is 0 Å². The topological polar surface area (TPSA) is 143 Å². The Kier molecular flexibility index (Phi) is 5.55. The lowest BCUT2D eigenvalue weighted by Gasteiger charge is -2.25. The first-order valence-corrected chi connectivity index (χ1v) is 12.3. The Bertz CT molecular complexity index is 1570. The SMILES string of the molecule is NS(=O)(=O)c1cccc(S(=O)(=O)N(Cc2ccncc2)c2ccc3cc[nH]c(=O)c3c2)c1. The number of aromatic amines is 1. The standard InChI is InChI=1S/C21H18N4O5S2/c22-31(27,28)18-2-1-3-19(13-18)32(29,30)25(14-15-6-9-23-10-7-15)17-5-4-16-8-11-24-21(26)20(16)12-17/h1-13H,14H2,(H,24,26)(H2,22,27,28). The number of benzene rings is 2. The second-order valence-electron chi connectivity index (χ2n) is 6.97. The first-order valence-electron chi connectivity index (χ1n) is 9.32. The molecule has 0 saturated carbocycles. The van der Waals surface area contributed by atoms with Gasteiger partial charge in [0.05, 0.1) is 22.0 Å². The van der Waals surface area contributed by atoms with E-state index in [1.54, 1.807) is 30.3 Å². The maximum atomic E-state index is 13.6. The van der Waals surface area contributed by atoms with E-state index in [0.29, 0.717) is 16.3 Å². The molecule has 2 heterocycles. The van der Waals surface area contributed by atoms with Gasteiger partial charge in [0.25, 0.3) is 15.6 Å². The van der Waals surface area contributed by atoms with Crippen LogP contribution in [-0.2, 0) is 26.6 Å². The molecule has 0 amide bonds. The van der Waals surface area contributed by atoms with E-state index < -0.39 is 20.0 Å². The Hall–Kier alpha value is -3.54. The van der Waals surface area contributed by atoms with E-state index in [1.807, 2.05) is 0 Å². The van der Waals surface area contributed by atoms with Gasteiger partial charge in [0, 0.05) is 24.0 Å². The molecule has 0 fully saturated rings. The van der Waals surface area contributed by atoms with E-state index >= 15 is 0 Å². The van der Waals surface area contributed by atoms with Crippen LogP contribution in [0.3, 0.4) is 0 Å². The minimum Gasteiger partial charge on any atom is -0.329 e. The van der Waals surface area contributed by atoms with E-state index in [9.17, 15) is 21.6 Å². The zero-order valence-corrected chi connectivity index (χ0v) is 18.2. The second-order valence-corrected chi connectivity index (χ2v) is 10.4. The summed E-state index contributed by atoms with van der Waals surface area (Å²) in [7, 11) is -8.34. The van der Waals surface area contributed by atoms with Gasteiger partial charge in [-0.05, 0) is 59.5 Å². The molecule has 0 aliphatic rings. The summed E-state index contributed by atoms with van der Waals surface area (Å²) in [5.41, 5.74) is 0.530. The van der Waals surface area contributed by atoms with Crippen LogP contribution in [0.4, 0.5) is 5.69 Å². The molecule has 2 aromatic heterocycles. The average molecular weight is 471 g/mol. The van der Waals surface area contributed by atoms with Crippen LogP contribution < -0.4 is 15.0 Å². The maximum Gasteiger partial charge on any atom is 0.264 e. The summed E-state index contributed by atoms with van der Waals surface area (Å²) >= 11 is 0. The van der Waals surface area contributed by atoms with Gasteiger partial charge < -0.3 is 4.98 Å². The Morgan fingerprint density at radius 1 is 0.906 bits per heavy atom. The molecule has 0 aliphatic carbocycles. The predicted octanol–water partition coefficient (Wildman–Crippen LogP) is 1.97. The lowest BCUT2D eigenvalue weighted by molar-refractivity contribution is 0.590. The number of hydrogen-bond donors (Lipinski definition) is 2. The zero-order valence-electron chi connectivity index (χ0n) is 16.5. The highest BCUT2D eigenvalue weighted by Crippen LogP contribution is 2.29. The third-order valence-electron chi connectivity index (χ3n) is 4.84. The van der Waals surface area contributed by atoms with Crippen LogP contribution in [0.5, 0.6) is 0 Å². The van der Waals surface area contributed by atoms with Crippen molar-refractivity contribution in [2.24, 2.45) is 5.14 Å². The smallest absolute Gasteiger partial charge is 0.264 e. The Morgan fingerprint density at radius 3 is 2.34 bits per heavy atom. The van der Waals surface area contributed by atoms with Crippen molar-refractivity contribution >= 4 is 36.5 Å². The molecule has 0 spiro atoms. The molecule has 0 aliphatic heterocycles. The van der Waals surface area contributed by atoms with Crippen molar-refractivity contribution in [3.8, 4) is 0 Å². The van der Waals surface area contributed by atoms with Crippen LogP contribution in [0.15, 0.2) is 93.8 Å². The molecule has 0 saturated heterocycles. The summed E-state index contributed by atoms with van der Waals surface area (Å²) in [6.07, 6.45) is 4.58. The van der Waals surface area contributed by atoms with Crippen molar-refractivity contribution in [2.45, 2.75) is 16.3 Å².